The van der Waals surface area contributed by atoms with E-state index in [0.29, 0.717) is 5.92 Å². The monoisotopic (exact) mass is 275 g/mol. The number of rotatable bonds is 5. The number of thiazole rings is 1. The number of nitrogens with one attached hydrogen (secondary N) is 1. The number of aromatic nitrogens is 1. The minimum Gasteiger partial charge on any atom is -0.271 e. The summed E-state index contributed by atoms with van der Waals surface area (Å²) in [6.45, 7) is 6.47. The lowest BCUT2D eigenvalue weighted by atomic mass is 9.97. The Balaban J connectivity index is 2.28. The predicted molar refractivity (Wildman–Crippen MR) is 81.0 cm³/mol. The Morgan fingerprint density at radius 2 is 2.16 bits per heavy atom. The zero-order valence-corrected chi connectivity index (χ0v) is 12.5. The maximum atomic E-state index is 5.71. The summed E-state index contributed by atoms with van der Waals surface area (Å²) in [5.74, 6) is 6.37. The summed E-state index contributed by atoms with van der Waals surface area (Å²) in [5, 5.41) is 3.13. The second-order valence-electron chi connectivity index (χ2n) is 5.23. The zero-order valence-electron chi connectivity index (χ0n) is 11.7. The maximum absolute atomic E-state index is 5.71. The number of benzene rings is 1. The van der Waals surface area contributed by atoms with E-state index < -0.39 is 0 Å². The Bertz CT molecular complexity index is 534. The first kappa shape index (κ1) is 14.2. The molecule has 1 aromatic heterocycles. The van der Waals surface area contributed by atoms with Crippen molar-refractivity contribution in [2.45, 2.75) is 33.2 Å². The fourth-order valence-electron chi connectivity index (χ4n) is 2.24. The molecule has 2 aromatic rings. The molecule has 1 unspecified atom stereocenters. The molecule has 1 aromatic carbocycles. The second-order valence-corrected chi connectivity index (χ2v) is 6.30. The first-order chi connectivity index (χ1) is 9.10. The molecule has 4 heteroatoms. The van der Waals surface area contributed by atoms with Crippen LogP contribution in [-0.4, -0.2) is 4.98 Å². The van der Waals surface area contributed by atoms with Crippen molar-refractivity contribution in [1.82, 2.24) is 10.4 Å². The van der Waals surface area contributed by atoms with Crippen LogP contribution in [0.15, 0.2) is 29.6 Å². The molecule has 0 aliphatic rings. The number of nitrogens with zero attached hydrogens (tertiary/aromatic N) is 1. The second kappa shape index (κ2) is 6.28. The van der Waals surface area contributed by atoms with E-state index in [1.165, 1.54) is 11.1 Å². The number of nitrogens with two attached hydrogens (primary N) is 1. The Labute approximate surface area is 118 Å². The number of hydrogen-bond acceptors (Lipinski definition) is 4. The van der Waals surface area contributed by atoms with Crippen molar-refractivity contribution in [3.8, 4) is 0 Å². The van der Waals surface area contributed by atoms with Gasteiger partial charge >= 0.3 is 0 Å². The lowest BCUT2D eigenvalue weighted by Gasteiger charge is -2.15. The molecule has 0 saturated carbocycles. The minimum atomic E-state index is -0.0305. The van der Waals surface area contributed by atoms with Gasteiger partial charge in [-0.1, -0.05) is 38.1 Å². The van der Waals surface area contributed by atoms with E-state index in [0.717, 1.165) is 17.1 Å². The molecule has 3 nitrogen and oxygen atoms in total. The van der Waals surface area contributed by atoms with Crippen LogP contribution in [-0.2, 0) is 6.42 Å². The molecule has 1 atom stereocenters. The molecule has 102 valence electrons. The lowest BCUT2D eigenvalue weighted by molar-refractivity contribution is 0.617. The Kier molecular flexibility index (Phi) is 4.69. The molecule has 0 amide bonds. The van der Waals surface area contributed by atoms with E-state index in [-0.39, 0.29) is 6.04 Å². The third kappa shape index (κ3) is 3.62. The van der Waals surface area contributed by atoms with Crippen molar-refractivity contribution >= 4 is 11.3 Å². The summed E-state index contributed by atoms with van der Waals surface area (Å²) in [7, 11) is 0. The van der Waals surface area contributed by atoms with Crippen molar-refractivity contribution in [2.75, 3.05) is 0 Å². The first-order valence-corrected chi connectivity index (χ1v) is 7.45. The van der Waals surface area contributed by atoms with Gasteiger partial charge in [0.05, 0.1) is 16.7 Å². The average Bonchev–Trinajstić information content (AvgIpc) is 2.76. The summed E-state index contributed by atoms with van der Waals surface area (Å²) in [5.41, 5.74) is 6.38. The summed E-state index contributed by atoms with van der Waals surface area (Å²) in [4.78, 5) is 4.52. The highest BCUT2D eigenvalue weighted by Gasteiger charge is 2.15. The van der Waals surface area contributed by atoms with Crippen LogP contribution in [0, 0.1) is 12.8 Å². The van der Waals surface area contributed by atoms with Gasteiger partial charge in [0.25, 0.3) is 0 Å². The van der Waals surface area contributed by atoms with Gasteiger partial charge in [-0.15, -0.1) is 11.3 Å². The van der Waals surface area contributed by atoms with Crippen LogP contribution < -0.4 is 11.3 Å². The molecule has 0 saturated heterocycles. The fraction of sp³-hybridized carbons (Fsp3) is 0.400. The van der Waals surface area contributed by atoms with E-state index >= 15 is 0 Å². The quantitative estimate of drug-likeness (QED) is 0.651. The van der Waals surface area contributed by atoms with Gasteiger partial charge in [0.1, 0.15) is 0 Å². The van der Waals surface area contributed by atoms with Gasteiger partial charge in [0.2, 0.25) is 0 Å². The van der Waals surface area contributed by atoms with E-state index in [4.69, 9.17) is 5.84 Å². The third-order valence-electron chi connectivity index (χ3n) is 3.03. The molecule has 19 heavy (non-hydrogen) atoms. The number of hydrazine groups is 1. The highest BCUT2D eigenvalue weighted by molar-refractivity contribution is 7.09. The van der Waals surface area contributed by atoms with E-state index in [9.17, 15) is 0 Å². The van der Waals surface area contributed by atoms with Crippen molar-refractivity contribution in [1.29, 1.82) is 0 Å². The Hall–Kier alpha value is -1.23. The van der Waals surface area contributed by atoms with Crippen LogP contribution >= 0.6 is 11.3 Å². The van der Waals surface area contributed by atoms with Gasteiger partial charge in [-0.25, -0.2) is 10.4 Å². The molecule has 0 aliphatic heterocycles. The van der Waals surface area contributed by atoms with Gasteiger partial charge in [-0.05, 0) is 30.4 Å². The van der Waals surface area contributed by atoms with Gasteiger partial charge in [0.15, 0.2) is 0 Å². The molecule has 1 heterocycles. The smallest absolute Gasteiger partial charge is 0.0898 e. The SMILES string of the molecule is Cc1nc(C(NN)c2cccc(CC(C)C)c2)cs1. The van der Waals surface area contributed by atoms with Gasteiger partial charge in [0, 0.05) is 5.38 Å². The zero-order chi connectivity index (χ0) is 13.8. The molecule has 0 spiro atoms. The van der Waals surface area contributed by atoms with Crippen LogP contribution in [0.4, 0.5) is 0 Å². The van der Waals surface area contributed by atoms with E-state index in [1.54, 1.807) is 11.3 Å². The Morgan fingerprint density at radius 1 is 1.37 bits per heavy atom. The van der Waals surface area contributed by atoms with E-state index in [1.807, 2.05) is 6.92 Å². The van der Waals surface area contributed by atoms with Crippen molar-refractivity contribution in [3.63, 3.8) is 0 Å². The minimum absolute atomic E-state index is 0.0305. The van der Waals surface area contributed by atoms with Crippen LogP contribution in [0.5, 0.6) is 0 Å². The standard InChI is InChI=1S/C15H21N3S/c1-10(2)7-12-5-4-6-13(8-12)15(18-16)14-9-19-11(3)17-14/h4-6,8-10,15,18H,7,16H2,1-3H3. The van der Waals surface area contributed by atoms with E-state index in [2.05, 4.69) is 53.9 Å². The van der Waals surface area contributed by atoms with Crippen LogP contribution in [0.1, 0.15) is 41.7 Å². The van der Waals surface area contributed by atoms with Gasteiger partial charge in [-0.2, -0.15) is 0 Å². The molecule has 0 radical (unpaired) electrons. The van der Waals surface area contributed by atoms with Gasteiger partial charge in [-0.3, -0.25) is 5.84 Å². The summed E-state index contributed by atoms with van der Waals surface area (Å²) in [6.07, 6.45) is 1.08. The lowest BCUT2D eigenvalue weighted by Crippen LogP contribution is -2.29. The summed E-state index contributed by atoms with van der Waals surface area (Å²) >= 11 is 1.65. The van der Waals surface area contributed by atoms with Crippen molar-refractivity contribution in [3.05, 3.63) is 51.5 Å². The van der Waals surface area contributed by atoms with Crippen molar-refractivity contribution < 1.29 is 0 Å². The Morgan fingerprint density at radius 3 is 2.74 bits per heavy atom. The largest absolute Gasteiger partial charge is 0.271 e. The van der Waals surface area contributed by atoms with Crippen LogP contribution in [0.2, 0.25) is 0 Å². The molecule has 0 fully saturated rings. The molecule has 0 bridgehead atoms. The summed E-state index contributed by atoms with van der Waals surface area (Å²) in [6, 6.07) is 8.56. The normalized spacial score (nSPS) is 12.9. The van der Waals surface area contributed by atoms with Crippen LogP contribution in [0.25, 0.3) is 0 Å². The van der Waals surface area contributed by atoms with Crippen LogP contribution in [0.3, 0.4) is 0 Å². The predicted octanol–water partition coefficient (Wildman–Crippen LogP) is 3.20. The molecule has 2 rings (SSSR count). The number of hydrogen-bond donors (Lipinski definition) is 2. The molecular weight excluding hydrogens is 254 g/mol. The highest BCUT2D eigenvalue weighted by atomic mass is 32.1. The molecule has 0 aliphatic carbocycles. The maximum Gasteiger partial charge on any atom is 0.0898 e. The highest BCUT2D eigenvalue weighted by Crippen LogP contribution is 2.24. The topological polar surface area (TPSA) is 50.9 Å². The third-order valence-corrected chi connectivity index (χ3v) is 3.82. The average molecular weight is 275 g/mol. The molecular formula is C15H21N3S. The van der Waals surface area contributed by atoms with Crippen molar-refractivity contribution in [2.24, 2.45) is 11.8 Å². The molecule has 3 N–H and O–H groups in total. The summed E-state index contributed by atoms with van der Waals surface area (Å²) < 4.78 is 0. The number of aryl methyl sites for hydroxylation is 1. The first-order valence-electron chi connectivity index (χ1n) is 6.57. The van der Waals surface area contributed by atoms with Gasteiger partial charge < -0.3 is 0 Å². The fourth-order valence-corrected chi connectivity index (χ4v) is 2.87.